The van der Waals surface area contributed by atoms with Crippen LogP contribution in [0.25, 0.3) is 5.53 Å². The fourth-order valence-corrected chi connectivity index (χ4v) is 0.833. The third-order valence-corrected chi connectivity index (χ3v) is 1.30. The monoisotopic (exact) mass is 140 g/mol. The van der Waals surface area contributed by atoms with Crippen molar-refractivity contribution in [3.05, 3.63) is 28.8 Å². The summed E-state index contributed by atoms with van der Waals surface area (Å²) in [6.07, 6.45) is 5.78. The van der Waals surface area contributed by atoms with Gasteiger partial charge in [0.25, 0.3) is 5.71 Å². The van der Waals surface area contributed by atoms with Gasteiger partial charge in [-0.3, -0.25) is 0 Å². The van der Waals surface area contributed by atoms with Gasteiger partial charge in [-0.15, -0.1) is 0 Å². The summed E-state index contributed by atoms with van der Waals surface area (Å²) in [5.41, 5.74) is 8.86. The first-order valence-electron chi connectivity index (χ1n) is 2.56. The molecule has 2 nitrogen and oxygen atoms in total. The van der Waals surface area contributed by atoms with Crippen LogP contribution in [0.4, 0.5) is 0 Å². The van der Waals surface area contributed by atoms with Gasteiger partial charge in [0, 0.05) is 11.1 Å². The average Bonchev–Trinajstić information content (AvgIpc) is 1.88. The molecular weight excluding hydrogens is 136 g/mol. The molecule has 0 fully saturated rings. The maximum atomic E-state index is 8.26. The normalized spacial score (nSPS) is 17.0. The van der Waals surface area contributed by atoms with E-state index in [0.717, 1.165) is 0 Å². The molecule has 1 aliphatic rings. The van der Waals surface area contributed by atoms with Crippen LogP contribution in [-0.2, 0) is 0 Å². The highest BCUT2D eigenvalue weighted by molar-refractivity contribution is 6.31. The van der Waals surface area contributed by atoms with Crippen LogP contribution >= 0.6 is 11.6 Å². The van der Waals surface area contributed by atoms with Gasteiger partial charge in [-0.25, -0.2) is 0 Å². The van der Waals surface area contributed by atoms with Crippen molar-refractivity contribution < 1.29 is 4.79 Å². The molecule has 0 saturated heterocycles. The van der Waals surface area contributed by atoms with Gasteiger partial charge in [0.2, 0.25) is 0 Å². The van der Waals surface area contributed by atoms with E-state index in [1.54, 1.807) is 18.2 Å². The van der Waals surface area contributed by atoms with E-state index in [-0.39, 0.29) is 0 Å². The fraction of sp³-hybridized carbons (Fsp3) is 0.167. The van der Waals surface area contributed by atoms with Gasteiger partial charge in [0.05, 0.1) is 6.42 Å². The van der Waals surface area contributed by atoms with Gasteiger partial charge >= 0.3 is 0 Å². The predicted octanol–water partition coefficient (Wildman–Crippen LogP) is 1.74. The summed E-state index contributed by atoms with van der Waals surface area (Å²) in [7, 11) is 0. The summed E-state index contributed by atoms with van der Waals surface area (Å²) < 4.78 is 0. The Kier molecular flexibility index (Phi) is 1.83. The highest BCUT2D eigenvalue weighted by Gasteiger charge is 2.07. The van der Waals surface area contributed by atoms with Crippen molar-refractivity contribution in [1.82, 2.24) is 0 Å². The van der Waals surface area contributed by atoms with Crippen molar-refractivity contribution in [1.29, 1.82) is 0 Å². The molecule has 1 rings (SSSR count). The Morgan fingerprint density at radius 2 is 2.44 bits per heavy atom. The molecule has 0 heterocycles. The van der Waals surface area contributed by atoms with Crippen LogP contribution in [0.15, 0.2) is 23.3 Å². The Labute approximate surface area is 58.1 Å². The second kappa shape index (κ2) is 2.62. The summed E-state index contributed by atoms with van der Waals surface area (Å²) in [5, 5.41) is 0.699. The molecule has 0 saturated carbocycles. The molecular formula is C6H5ClN2. The lowest BCUT2D eigenvalue weighted by molar-refractivity contribution is -0.00545. The van der Waals surface area contributed by atoms with Gasteiger partial charge in [-0.1, -0.05) is 17.7 Å². The van der Waals surface area contributed by atoms with Gasteiger partial charge in [-0.05, 0) is 6.08 Å². The third-order valence-electron chi connectivity index (χ3n) is 1.04. The second-order valence-corrected chi connectivity index (χ2v) is 2.23. The Morgan fingerprint density at radius 3 is 2.89 bits per heavy atom. The highest BCUT2D eigenvalue weighted by Crippen LogP contribution is 2.11. The number of allylic oxidation sites excluding steroid dienone is 4. The first kappa shape index (κ1) is 6.27. The standard InChI is InChI=1S/C6H5ClN2/c7-5-2-1-3-6(4-5)9-8/h1-3H,4H2. The number of hydrogen-bond acceptors (Lipinski definition) is 0. The minimum absolute atomic E-state index is 0.536. The fourth-order valence-electron chi connectivity index (χ4n) is 0.623. The first-order valence-corrected chi connectivity index (χ1v) is 2.94. The number of nitrogens with zero attached hydrogens (tertiary/aromatic N) is 2. The van der Waals surface area contributed by atoms with E-state index >= 15 is 0 Å². The van der Waals surface area contributed by atoms with Crippen LogP contribution < -0.4 is 0 Å². The van der Waals surface area contributed by atoms with Crippen LogP contribution in [-0.4, -0.2) is 10.5 Å². The molecule has 3 heteroatoms. The maximum absolute atomic E-state index is 8.26. The van der Waals surface area contributed by atoms with Crippen molar-refractivity contribution in [2.24, 2.45) is 0 Å². The molecule has 0 aromatic carbocycles. The zero-order valence-electron chi connectivity index (χ0n) is 4.71. The van der Waals surface area contributed by atoms with Crippen molar-refractivity contribution >= 4 is 17.3 Å². The summed E-state index contributed by atoms with van der Waals surface area (Å²) in [5.74, 6) is 0. The molecule has 0 aromatic heterocycles. The van der Waals surface area contributed by atoms with E-state index in [2.05, 4.69) is 4.79 Å². The quantitative estimate of drug-likeness (QED) is 0.363. The van der Waals surface area contributed by atoms with E-state index in [9.17, 15) is 0 Å². The van der Waals surface area contributed by atoms with Crippen LogP contribution in [0, 0.1) is 0 Å². The van der Waals surface area contributed by atoms with Crippen molar-refractivity contribution in [2.45, 2.75) is 6.42 Å². The average molecular weight is 141 g/mol. The van der Waals surface area contributed by atoms with Crippen LogP contribution in [0.1, 0.15) is 6.42 Å². The Balaban J connectivity index is 2.85. The lowest BCUT2D eigenvalue weighted by Gasteiger charge is -1.93. The van der Waals surface area contributed by atoms with E-state index in [0.29, 0.717) is 17.2 Å². The largest absolute Gasteiger partial charge is 0.361 e. The summed E-state index contributed by atoms with van der Waals surface area (Å²) >= 11 is 5.61. The molecule has 0 atom stereocenters. The molecule has 0 amide bonds. The van der Waals surface area contributed by atoms with Gasteiger partial charge < -0.3 is 5.53 Å². The number of rotatable bonds is 0. The van der Waals surface area contributed by atoms with Gasteiger partial charge in [0.1, 0.15) is 0 Å². The highest BCUT2D eigenvalue weighted by atomic mass is 35.5. The van der Waals surface area contributed by atoms with Crippen LogP contribution in [0.3, 0.4) is 0 Å². The SMILES string of the molecule is [N-]=[N+]=C1C=CC=C(Cl)C1. The molecule has 0 aliphatic heterocycles. The topological polar surface area (TPSA) is 36.4 Å². The van der Waals surface area contributed by atoms with Crippen molar-refractivity contribution in [2.75, 3.05) is 0 Å². The summed E-state index contributed by atoms with van der Waals surface area (Å²) in [6, 6.07) is 0. The molecule has 1 aliphatic carbocycles. The molecule has 0 unspecified atom stereocenters. The molecule has 0 radical (unpaired) electrons. The Morgan fingerprint density at radius 1 is 1.67 bits per heavy atom. The van der Waals surface area contributed by atoms with Crippen LogP contribution in [0.5, 0.6) is 0 Å². The molecule has 0 aromatic rings. The molecule has 46 valence electrons. The Hall–Kier alpha value is -0.850. The van der Waals surface area contributed by atoms with Gasteiger partial charge in [0.15, 0.2) is 0 Å². The maximum Gasteiger partial charge on any atom is 0.297 e. The minimum atomic E-state index is 0.536. The zero-order chi connectivity index (χ0) is 6.69. The molecule has 0 N–H and O–H groups in total. The van der Waals surface area contributed by atoms with Gasteiger partial charge in [-0.2, -0.15) is 4.79 Å². The molecule has 0 bridgehead atoms. The van der Waals surface area contributed by atoms with Crippen LogP contribution in [0.2, 0.25) is 0 Å². The lowest BCUT2D eigenvalue weighted by atomic mass is 10.2. The van der Waals surface area contributed by atoms with E-state index in [4.69, 9.17) is 17.1 Å². The molecule has 0 spiro atoms. The number of halogens is 1. The molecule has 9 heavy (non-hydrogen) atoms. The first-order chi connectivity index (χ1) is 4.33. The smallest absolute Gasteiger partial charge is 0.297 e. The summed E-state index contributed by atoms with van der Waals surface area (Å²) in [4.78, 5) is 3.00. The number of hydrogen-bond donors (Lipinski definition) is 0. The predicted molar refractivity (Wildman–Crippen MR) is 36.3 cm³/mol. The van der Waals surface area contributed by atoms with E-state index in [1.807, 2.05) is 0 Å². The van der Waals surface area contributed by atoms with Crippen molar-refractivity contribution in [3.63, 3.8) is 0 Å². The van der Waals surface area contributed by atoms with E-state index in [1.165, 1.54) is 0 Å². The second-order valence-electron chi connectivity index (χ2n) is 1.74. The van der Waals surface area contributed by atoms with Crippen molar-refractivity contribution in [3.8, 4) is 0 Å². The Bertz CT molecular complexity index is 221. The lowest BCUT2D eigenvalue weighted by Crippen LogP contribution is -1.97. The van der Waals surface area contributed by atoms with E-state index < -0.39 is 0 Å². The zero-order valence-corrected chi connectivity index (χ0v) is 5.47. The minimum Gasteiger partial charge on any atom is -0.361 e. The third kappa shape index (κ3) is 1.53. The summed E-state index contributed by atoms with van der Waals surface area (Å²) in [6.45, 7) is 0.